The van der Waals surface area contributed by atoms with Crippen molar-refractivity contribution in [2.24, 2.45) is 0 Å². The van der Waals surface area contributed by atoms with Crippen molar-refractivity contribution in [3.63, 3.8) is 0 Å². The summed E-state index contributed by atoms with van der Waals surface area (Å²) in [4.78, 5) is 0. The Kier molecular flexibility index (Phi) is 6.77. The number of nitrogens with zero attached hydrogens (tertiary/aromatic N) is 6. The number of rotatable bonds is 3. The van der Waals surface area contributed by atoms with Crippen LogP contribution in [0.5, 0.6) is 0 Å². The quantitative estimate of drug-likeness (QED) is 0.455. The molecule has 0 radical (unpaired) electrons. The summed E-state index contributed by atoms with van der Waals surface area (Å²) in [6, 6.07) is 0. The maximum absolute atomic E-state index is 5.88. The Hall–Kier alpha value is -0.531. The molecule has 0 unspecified atom stereocenters. The molecular weight excluding hydrogens is 436 g/mol. The summed E-state index contributed by atoms with van der Waals surface area (Å²) >= 11 is 17.7. The molecule has 0 aliphatic carbocycles. The van der Waals surface area contributed by atoms with E-state index in [0.29, 0.717) is 21.4 Å². The molecule has 0 saturated carbocycles. The predicted octanol–water partition coefficient (Wildman–Crippen LogP) is 4.00. The second kappa shape index (κ2) is 8.36. The van der Waals surface area contributed by atoms with Gasteiger partial charge in [0.1, 0.15) is 0 Å². The van der Waals surface area contributed by atoms with Crippen LogP contribution in [-0.2, 0) is 13.1 Å². The molecule has 3 heterocycles. The van der Waals surface area contributed by atoms with Gasteiger partial charge >= 0.3 is 33.3 Å². The van der Waals surface area contributed by atoms with Crippen LogP contribution in [0.3, 0.4) is 0 Å². The van der Waals surface area contributed by atoms with Crippen molar-refractivity contribution in [1.29, 1.82) is 0 Å². The number of hydrogen-bond donors (Lipinski definition) is 0. The second-order valence-corrected chi connectivity index (χ2v) is 6.92. The first-order valence-electron chi connectivity index (χ1n) is 5.40. The molecule has 6 nitrogen and oxygen atoms in total. The normalized spacial score (nSPS) is 10.2. The van der Waals surface area contributed by atoms with Crippen molar-refractivity contribution in [3.05, 3.63) is 58.5 Å². The van der Waals surface area contributed by atoms with E-state index in [1.165, 1.54) is 32.6 Å². The minimum absolute atomic E-state index is 0.00694. The maximum atomic E-state index is 5.88. The van der Waals surface area contributed by atoms with Crippen molar-refractivity contribution in [1.82, 2.24) is 29.3 Å². The number of hydrogen-bond acceptors (Lipinski definition) is 3. The SMILES string of the molecule is Clc1cnn([C-](n2cc(Cl)cn2)n2cc(Cl)cn2)c1.[Cl][Mn][Cl]. The molecule has 12 heteroatoms. The zero-order valence-corrected chi connectivity index (χ0v) is 15.4. The Labute approximate surface area is 155 Å². The Morgan fingerprint density at radius 1 is 0.727 bits per heavy atom. The zero-order valence-electron chi connectivity index (χ0n) is 10.4. The van der Waals surface area contributed by atoms with Gasteiger partial charge in [-0.2, -0.15) is 15.3 Å². The molecule has 0 aromatic carbocycles. The summed E-state index contributed by atoms with van der Waals surface area (Å²) in [5.41, 5.74) is 0. The van der Waals surface area contributed by atoms with Gasteiger partial charge in [0.05, 0.1) is 18.6 Å². The second-order valence-electron chi connectivity index (χ2n) is 3.66. The molecule has 0 bridgehead atoms. The summed E-state index contributed by atoms with van der Waals surface area (Å²) in [5, 5.41) is 13.9. The van der Waals surface area contributed by atoms with Crippen LogP contribution in [0.4, 0.5) is 0 Å². The fraction of sp³-hybridized carbons (Fsp3) is 0. The third kappa shape index (κ3) is 4.49. The van der Waals surface area contributed by atoms with E-state index in [9.17, 15) is 0 Å². The standard InChI is InChI=1S/C10H6Cl3N6.2ClH.Mn/c11-7-1-14-17(4-7)10(18-5-8(12)2-15-18)19-6-9(13)3-16-19;;;/h1-6H;2*1H;/q-1;;;+2/p-2. The monoisotopic (exact) mass is 440 g/mol. The Bertz CT molecular complexity index is 629. The van der Waals surface area contributed by atoms with Crippen molar-refractivity contribution >= 4 is 55.0 Å². The van der Waals surface area contributed by atoms with Crippen LogP contribution in [0.15, 0.2) is 37.2 Å². The van der Waals surface area contributed by atoms with Gasteiger partial charge < -0.3 is 0 Å². The van der Waals surface area contributed by atoms with Crippen molar-refractivity contribution in [2.75, 3.05) is 0 Å². The molecule has 0 fully saturated rings. The zero-order chi connectivity index (χ0) is 16.1. The Morgan fingerprint density at radius 2 is 1.00 bits per heavy atom. The Balaban J connectivity index is 0.000000545. The molecule has 0 N–H and O–H groups in total. The third-order valence-corrected chi connectivity index (χ3v) is 2.85. The molecule has 0 saturated heterocycles. The minimum atomic E-state index is 0.00694. The first-order chi connectivity index (χ1) is 10.5. The van der Waals surface area contributed by atoms with E-state index in [0.717, 1.165) is 0 Å². The molecule has 22 heavy (non-hydrogen) atoms. The van der Waals surface area contributed by atoms with Gasteiger partial charge in [-0.1, -0.05) is 34.8 Å². The fourth-order valence-corrected chi connectivity index (χ4v) is 1.95. The van der Waals surface area contributed by atoms with E-state index in [1.807, 2.05) is 0 Å². The van der Waals surface area contributed by atoms with Crippen LogP contribution in [-0.4, -0.2) is 29.3 Å². The summed E-state index contributed by atoms with van der Waals surface area (Å²) in [6.07, 6.45) is 9.92. The van der Waals surface area contributed by atoms with Crippen LogP contribution in [0.25, 0.3) is 0 Å². The van der Waals surface area contributed by atoms with Gasteiger partial charge in [0.2, 0.25) is 0 Å². The van der Waals surface area contributed by atoms with Gasteiger partial charge in [0.15, 0.2) is 6.29 Å². The van der Waals surface area contributed by atoms with Crippen LogP contribution in [0, 0.1) is 6.29 Å². The van der Waals surface area contributed by atoms with Gasteiger partial charge in [0, 0.05) is 15.1 Å². The molecule has 119 valence electrons. The molecule has 3 aromatic heterocycles. The van der Waals surface area contributed by atoms with E-state index >= 15 is 0 Å². The molecule has 0 aliphatic rings. The van der Waals surface area contributed by atoms with Gasteiger partial charge in [-0.05, 0) is 18.6 Å². The molecule has 0 amide bonds. The Morgan fingerprint density at radius 3 is 1.18 bits per heavy atom. The predicted molar refractivity (Wildman–Crippen MR) is 82.9 cm³/mol. The van der Waals surface area contributed by atoms with Crippen molar-refractivity contribution in [2.45, 2.75) is 0 Å². The summed E-state index contributed by atoms with van der Waals surface area (Å²) in [6.45, 7) is 0. The summed E-state index contributed by atoms with van der Waals surface area (Å²) in [5.74, 6) is 0. The van der Waals surface area contributed by atoms with Crippen molar-refractivity contribution in [3.8, 4) is 0 Å². The van der Waals surface area contributed by atoms with Crippen LogP contribution < -0.4 is 0 Å². The van der Waals surface area contributed by atoms with E-state index in [2.05, 4.69) is 15.3 Å². The topological polar surface area (TPSA) is 53.5 Å². The molecule has 0 spiro atoms. The van der Waals surface area contributed by atoms with Crippen molar-refractivity contribution < 1.29 is 13.1 Å². The average Bonchev–Trinajstić information content (AvgIpc) is 3.16. The van der Waals surface area contributed by atoms with Crippen LogP contribution >= 0.6 is 55.0 Å². The number of aromatic nitrogens is 6. The van der Waals surface area contributed by atoms with Gasteiger partial charge in [0.25, 0.3) is 0 Å². The first kappa shape index (κ1) is 17.8. The van der Waals surface area contributed by atoms with Gasteiger partial charge in [-0.15, -0.1) is 0 Å². The van der Waals surface area contributed by atoms with Crippen LogP contribution in [0.1, 0.15) is 0 Å². The van der Waals surface area contributed by atoms with E-state index < -0.39 is 0 Å². The molecule has 3 aromatic rings. The summed E-state index contributed by atoms with van der Waals surface area (Å²) < 4.78 is 4.57. The summed E-state index contributed by atoms with van der Waals surface area (Å²) in [7, 11) is 9.59. The molecule has 3 rings (SSSR count). The van der Waals surface area contributed by atoms with E-state index in [4.69, 9.17) is 55.0 Å². The van der Waals surface area contributed by atoms with Gasteiger partial charge in [-0.3, -0.25) is 14.0 Å². The number of halogens is 5. The van der Waals surface area contributed by atoms with Crippen LogP contribution in [0.2, 0.25) is 15.1 Å². The average molecular weight is 442 g/mol. The fourth-order valence-electron chi connectivity index (χ4n) is 1.55. The molecule has 0 atom stereocenters. The van der Waals surface area contributed by atoms with E-state index in [1.54, 1.807) is 18.6 Å². The molecular formula is C10H6Cl5MnN6-. The third-order valence-electron chi connectivity index (χ3n) is 2.27. The first-order valence-corrected chi connectivity index (χ1v) is 9.79. The molecule has 0 aliphatic heterocycles. The van der Waals surface area contributed by atoms with E-state index in [-0.39, 0.29) is 13.1 Å². The van der Waals surface area contributed by atoms with Gasteiger partial charge in [-0.25, -0.2) is 0 Å².